The molecule has 4 aromatic rings. The Labute approximate surface area is 204 Å². The standard InChI is InChI=1S/C27H29FN6O/c1-16-6-9-29-13-21(16)25-31-24-17(2)30-27(35-3)32-26(24)34(25)14-20-5-4-19(12-23(20)28)22-15-33-10-7-18(22)8-11-33/h4-6,9,12-13,18,22H,7-8,10-11,14-15H2,1-3H3. The molecule has 1 atom stereocenters. The number of methoxy groups -OCH3 is 1. The molecular formula is C27H29FN6O. The van der Waals surface area contributed by atoms with Crippen LogP contribution in [0.25, 0.3) is 22.6 Å². The molecular weight excluding hydrogens is 443 g/mol. The van der Waals surface area contributed by atoms with E-state index in [2.05, 4.69) is 25.9 Å². The number of halogens is 1. The van der Waals surface area contributed by atoms with Crippen molar-refractivity contribution in [1.29, 1.82) is 0 Å². The van der Waals surface area contributed by atoms with E-state index in [1.54, 1.807) is 25.6 Å². The van der Waals surface area contributed by atoms with E-state index in [0.29, 0.717) is 46.6 Å². The summed E-state index contributed by atoms with van der Waals surface area (Å²) >= 11 is 0. The molecule has 6 heterocycles. The first kappa shape index (κ1) is 22.1. The smallest absolute Gasteiger partial charge is 0.318 e. The maximum Gasteiger partial charge on any atom is 0.318 e. The third kappa shape index (κ3) is 3.86. The van der Waals surface area contributed by atoms with Crippen LogP contribution in [0.15, 0.2) is 36.7 Å². The second-order valence-corrected chi connectivity index (χ2v) is 9.78. The number of imidazole rings is 1. The van der Waals surface area contributed by atoms with Gasteiger partial charge in [0.2, 0.25) is 0 Å². The van der Waals surface area contributed by atoms with Crippen molar-refractivity contribution in [3.63, 3.8) is 0 Å². The van der Waals surface area contributed by atoms with Gasteiger partial charge in [0.05, 0.1) is 19.3 Å². The molecule has 8 heteroatoms. The summed E-state index contributed by atoms with van der Waals surface area (Å²) in [6.07, 6.45) is 5.97. The SMILES string of the molecule is COc1nc(C)c2nc(-c3cnccc3C)n(Cc3ccc(C4CN5CCC4CC5)cc3F)c2n1. The van der Waals surface area contributed by atoms with Crippen LogP contribution >= 0.6 is 0 Å². The Bertz CT molecular complexity index is 1410. The van der Waals surface area contributed by atoms with Crippen LogP contribution in [0.1, 0.15) is 41.1 Å². The van der Waals surface area contributed by atoms with Crippen molar-refractivity contribution in [2.45, 2.75) is 39.2 Å². The van der Waals surface area contributed by atoms with E-state index in [0.717, 1.165) is 23.2 Å². The summed E-state index contributed by atoms with van der Waals surface area (Å²) < 4.78 is 22.8. The Balaban J connectivity index is 1.43. The first-order chi connectivity index (χ1) is 17.0. The molecule has 3 aliphatic heterocycles. The Morgan fingerprint density at radius 2 is 1.91 bits per heavy atom. The Hall–Kier alpha value is -3.39. The predicted octanol–water partition coefficient (Wildman–Crippen LogP) is 4.51. The van der Waals surface area contributed by atoms with Crippen molar-refractivity contribution in [1.82, 2.24) is 29.4 Å². The van der Waals surface area contributed by atoms with E-state index in [1.807, 2.05) is 30.5 Å². The van der Waals surface area contributed by atoms with Crippen LogP contribution in [0.3, 0.4) is 0 Å². The number of aryl methyl sites for hydroxylation is 2. The van der Waals surface area contributed by atoms with Gasteiger partial charge in [0.1, 0.15) is 17.2 Å². The molecule has 0 amide bonds. The van der Waals surface area contributed by atoms with E-state index in [-0.39, 0.29) is 11.8 Å². The van der Waals surface area contributed by atoms with Gasteiger partial charge in [0, 0.05) is 30.1 Å². The largest absolute Gasteiger partial charge is 0.467 e. The van der Waals surface area contributed by atoms with Crippen LogP contribution in [0.4, 0.5) is 4.39 Å². The van der Waals surface area contributed by atoms with Gasteiger partial charge in [-0.05, 0) is 74.9 Å². The molecule has 3 aliphatic rings. The van der Waals surface area contributed by atoms with E-state index < -0.39 is 0 Å². The Morgan fingerprint density at radius 3 is 2.60 bits per heavy atom. The second kappa shape index (κ2) is 8.68. The van der Waals surface area contributed by atoms with Crippen molar-refractivity contribution >= 4 is 11.2 Å². The highest BCUT2D eigenvalue weighted by Gasteiger charge is 2.35. The molecule has 7 rings (SSSR count). The molecule has 1 aromatic carbocycles. The van der Waals surface area contributed by atoms with Crippen LogP contribution in [0, 0.1) is 25.6 Å². The average molecular weight is 473 g/mol. The minimum atomic E-state index is -0.188. The zero-order chi connectivity index (χ0) is 24.1. The Morgan fingerprint density at radius 1 is 1.09 bits per heavy atom. The number of nitrogens with zero attached hydrogens (tertiary/aromatic N) is 6. The molecule has 0 saturated carbocycles. The van der Waals surface area contributed by atoms with Gasteiger partial charge in [0.15, 0.2) is 5.65 Å². The number of benzene rings is 1. The van der Waals surface area contributed by atoms with E-state index in [1.165, 1.54) is 25.9 Å². The fraction of sp³-hybridized carbons (Fsp3) is 0.407. The first-order valence-corrected chi connectivity index (χ1v) is 12.2. The minimum Gasteiger partial charge on any atom is -0.467 e. The molecule has 3 fully saturated rings. The number of hydrogen-bond acceptors (Lipinski definition) is 6. The quantitative estimate of drug-likeness (QED) is 0.426. The number of pyridine rings is 1. The van der Waals surface area contributed by atoms with Crippen LogP contribution in [-0.2, 0) is 6.54 Å². The normalized spacial score (nSPS) is 21.5. The van der Waals surface area contributed by atoms with Gasteiger partial charge in [-0.25, -0.2) is 9.37 Å². The number of hydrogen-bond donors (Lipinski definition) is 0. The average Bonchev–Trinajstić information content (AvgIpc) is 3.24. The number of piperidine rings is 3. The summed E-state index contributed by atoms with van der Waals surface area (Å²) in [4.78, 5) is 20.7. The van der Waals surface area contributed by atoms with Crippen molar-refractivity contribution in [3.05, 3.63) is 64.9 Å². The fourth-order valence-electron chi connectivity index (χ4n) is 5.69. The molecule has 7 nitrogen and oxygen atoms in total. The third-order valence-electron chi connectivity index (χ3n) is 7.70. The zero-order valence-corrected chi connectivity index (χ0v) is 20.3. The summed E-state index contributed by atoms with van der Waals surface area (Å²) in [5, 5.41) is 0. The topological polar surface area (TPSA) is 69.0 Å². The van der Waals surface area contributed by atoms with Crippen LogP contribution in [-0.4, -0.2) is 56.1 Å². The second-order valence-electron chi connectivity index (χ2n) is 9.78. The van der Waals surface area contributed by atoms with Crippen molar-refractivity contribution in [2.24, 2.45) is 5.92 Å². The number of aromatic nitrogens is 5. The minimum absolute atomic E-state index is 0.188. The monoisotopic (exact) mass is 472 g/mol. The molecule has 3 aromatic heterocycles. The molecule has 1 unspecified atom stereocenters. The van der Waals surface area contributed by atoms with Gasteiger partial charge in [-0.1, -0.05) is 12.1 Å². The lowest BCUT2D eigenvalue weighted by Crippen LogP contribution is -2.46. The summed E-state index contributed by atoms with van der Waals surface area (Å²) in [5.41, 5.74) is 5.64. The molecule has 0 spiro atoms. The summed E-state index contributed by atoms with van der Waals surface area (Å²) in [5.74, 6) is 1.59. The van der Waals surface area contributed by atoms with E-state index >= 15 is 4.39 Å². The number of rotatable bonds is 5. The van der Waals surface area contributed by atoms with Gasteiger partial charge in [-0.2, -0.15) is 9.97 Å². The highest BCUT2D eigenvalue weighted by atomic mass is 19.1. The van der Waals surface area contributed by atoms with Crippen LogP contribution < -0.4 is 4.74 Å². The summed E-state index contributed by atoms with van der Waals surface area (Å²) in [6, 6.07) is 8.00. The molecule has 0 N–H and O–H groups in total. The lowest BCUT2D eigenvalue weighted by molar-refractivity contribution is 0.0870. The van der Waals surface area contributed by atoms with Crippen molar-refractivity contribution in [3.8, 4) is 17.4 Å². The third-order valence-corrected chi connectivity index (χ3v) is 7.70. The molecule has 0 aliphatic carbocycles. The first-order valence-electron chi connectivity index (χ1n) is 12.2. The highest BCUT2D eigenvalue weighted by Crippen LogP contribution is 2.39. The zero-order valence-electron chi connectivity index (χ0n) is 20.3. The van der Waals surface area contributed by atoms with Crippen LogP contribution in [0.2, 0.25) is 0 Å². The van der Waals surface area contributed by atoms with Gasteiger partial charge in [-0.15, -0.1) is 0 Å². The lowest BCUT2D eigenvalue weighted by Gasteiger charge is -2.45. The fourth-order valence-corrected chi connectivity index (χ4v) is 5.69. The van der Waals surface area contributed by atoms with Crippen molar-refractivity contribution < 1.29 is 9.13 Å². The highest BCUT2D eigenvalue weighted by molar-refractivity contribution is 5.80. The predicted molar refractivity (Wildman–Crippen MR) is 132 cm³/mol. The van der Waals surface area contributed by atoms with Gasteiger partial charge in [0.25, 0.3) is 0 Å². The number of ether oxygens (including phenoxy) is 1. The lowest BCUT2D eigenvalue weighted by atomic mass is 9.75. The van der Waals surface area contributed by atoms with Gasteiger partial charge < -0.3 is 14.2 Å². The maximum absolute atomic E-state index is 15.6. The maximum atomic E-state index is 15.6. The van der Waals surface area contributed by atoms with Crippen LogP contribution in [0.5, 0.6) is 6.01 Å². The summed E-state index contributed by atoms with van der Waals surface area (Å²) in [7, 11) is 1.54. The molecule has 2 bridgehead atoms. The van der Waals surface area contributed by atoms with Gasteiger partial charge in [-0.3, -0.25) is 4.98 Å². The van der Waals surface area contributed by atoms with Crippen molar-refractivity contribution in [2.75, 3.05) is 26.7 Å². The van der Waals surface area contributed by atoms with E-state index in [4.69, 9.17) is 9.72 Å². The molecule has 180 valence electrons. The summed E-state index contributed by atoms with van der Waals surface area (Å²) in [6.45, 7) is 7.59. The molecule has 35 heavy (non-hydrogen) atoms. The van der Waals surface area contributed by atoms with Gasteiger partial charge >= 0.3 is 6.01 Å². The molecule has 3 saturated heterocycles. The Kier molecular flexibility index (Phi) is 5.48. The number of fused-ring (bicyclic) bond motifs is 4. The van der Waals surface area contributed by atoms with E-state index in [9.17, 15) is 0 Å². The molecule has 0 radical (unpaired) electrons.